The lowest BCUT2D eigenvalue weighted by Crippen LogP contribution is -2.48. The topological polar surface area (TPSA) is 79.2 Å². The number of amides is 2. The molecule has 120 valence electrons. The molecule has 0 spiro atoms. The molecule has 0 saturated carbocycles. The summed E-state index contributed by atoms with van der Waals surface area (Å²) in [6.07, 6.45) is -3.15. The molecule has 1 aromatic rings. The second-order valence-electron chi connectivity index (χ2n) is 5.02. The van der Waals surface area contributed by atoms with Crippen molar-refractivity contribution in [2.75, 3.05) is 6.54 Å². The highest BCUT2D eigenvalue weighted by atomic mass is 19.4. The maximum absolute atomic E-state index is 13.2. The van der Waals surface area contributed by atoms with E-state index in [0.29, 0.717) is 0 Å². The lowest BCUT2D eigenvalue weighted by Gasteiger charge is -2.30. The van der Waals surface area contributed by atoms with Crippen molar-refractivity contribution >= 4 is 6.03 Å². The number of rotatable bonds is 5. The molecule has 1 atom stereocenters. The number of alkyl halides is 3. The Bertz CT molecular complexity index is 487. The number of aliphatic hydroxyl groups is 1. The van der Waals surface area contributed by atoms with Crippen LogP contribution >= 0.6 is 0 Å². The first kappa shape index (κ1) is 17.3. The zero-order chi connectivity index (χ0) is 16.3. The van der Waals surface area contributed by atoms with E-state index in [4.69, 9.17) is 0 Å². The van der Waals surface area contributed by atoms with Gasteiger partial charge in [0.25, 0.3) is 0 Å². The number of aromatic nitrogens is 2. The van der Waals surface area contributed by atoms with Gasteiger partial charge in [-0.3, -0.25) is 0 Å². The summed E-state index contributed by atoms with van der Waals surface area (Å²) in [6.45, 7) is 3.10. The fourth-order valence-electron chi connectivity index (χ4n) is 1.81. The minimum atomic E-state index is -4.90. The third kappa shape index (κ3) is 4.10. The Hall–Kier alpha value is -1.77. The van der Waals surface area contributed by atoms with Gasteiger partial charge in [0.1, 0.15) is 5.82 Å². The number of urea groups is 1. The van der Waals surface area contributed by atoms with E-state index in [0.717, 1.165) is 4.57 Å². The fraction of sp³-hybridized carbons (Fsp3) is 0.667. The molecule has 0 aromatic carbocycles. The molecule has 0 aliphatic carbocycles. The molecule has 1 rings (SSSR count). The van der Waals surface area contributed by atoms with E-state index < -0.39 is 30.1 Å². The van der Waals surface area contributed by atoms with Gasteiger partial charge in [0.15, 0.2) is 0 Å². The lowest BCUT2D eigenvalue weighted by atomic mass is 9.97. The van der Waals surface area contributed by atoms with Crippen LogP contribution in [0.4, 0.5) is 18.0 Å². The summed E-state index contributed by atoms with van der Waals surface area (Å²) in [5, 5.41) is 14.8. The number of hydrogen-bond donors (Lipinski definition) is 3. The lowest BCUT2D eigenvalue weighted by molar-refractivity contribution is -0.272. The average Bonchev–Trinajstić information content (AvgIpc) is 2.73. The van der Waals surface area contributed by atoms with Crippen LogP contribution in [-0.2, 0) is 12.6 Å². The Morgan fingerprint density at radius 2 is 2.10 bits per heavy atom. The normalized spacial score (nSPS) is 14.9. The summed E-state index contributed by atoms with van der Waals surface area (Å²) >= 11 is 0. The summed E-state index contributed by atoms with van der Waals surface area (Å²) in [6, 6.07) is -0.726. The maximum Gasteiger partial charge on any atom is 0.424 e. The molecule has 6 nitrogen and oxygen atoms in total. The summed E-state index contributed by atoms with van der Waals surface area (Å²) in [4.78, 5) is 14.9. The minimum Gasteiger partial charge on any atom is -0.374 e. The molecular formula is C12H19F3N4O2. The summed E-state index contributed by atoms with van der Waals surface area (Å²) < 4.78 is 40.6. The Kier molecular flexibility index (Phi) is 5.21. The van der Waals surface area contributed by atoms with E-state index in [9.17, 15) is 23.1 Å². The van der Waals surface area contributed by atoms with Crippen LogP contribution in [0.25, 0.3) is 0 Å². The van der Waals surface area contributed by atoms with Crippen LogP contribution < -0.4 is 10.6 Å². The first-order chi connectivity index (χ1) is 9.58. The average molecular weight is 308 g/mol. The third-order valence-electron chi connectivity index (χ3n) is 2.85. The molecule has 9 heteroatoms. The minimum absolute atomic E-state index is 0.138. The number of nitrogens with one attached hydrogen (secondary N) is 2. The van der Waals surface area contributed by atoms with Crippen molar-refractivity contribution in [2.24, 2.45) is 7.05 Å². The van der Waals surface area contributed by atoms with E-state index in [-0.39, 0.29) is 12.6 Å². The molecule has 0 aliphatic rings. The number of nitrogens with zero attached hydrogens (tertiary/aromatic N) is 2. The third-order valence-corrected chi connectivity index (χ3v) is 2.85. The molecule has 0 bridgehead atoms. The van der Waals surface area contributed by atoms with Crippen LogP contribution in [0, 0.1) is 0 Å². The molecule has 0 radical (unpaired) electrons. The molecular weight excluding hydrogens is 289 g/mol. The smallest absolute Gasteiger partial charge is 0.374 e. The number of aryl methyl sites for hydroxylation is 1. The van der Waals surface area contributed by atoms with Gasteiger partial charge in [0, 0.05) is 38.4 Å². The molecule has 1 heterocycles. The van der Waals surface area contributed by atoms with E-state index in [1.807, 2.05) is 0 Å². The maximum atomic E-state index is 13.2. The van der Waals surface area contributed by atoms with E-state index in [1.165, 1.54) is 19.4 Å². The van der Waals surface area contributed by atoms with Gasteiger partial charge in [-0.2, -0.15) is 13.2 Å². The summed E-state index contributed by atoms with van der Waals surface area (Å²) in [5.74, 6) is -0.513. The number of imidazole rings is 1. The fourth-order valence-corrected chi connectivity index (χ4v) is 1.81. The molecule has 3 N–H and O–H groups in total. The van der Waals surface area contributed by atoms with E-state index >= 15 is 0 Å². The van der Waals surface area contributed by atoms with Crippen LogP contribution in [0.5, 0.6) is 0 Å². The predicted molar refractivity (Wildman–Crippen MR) is 69.4 cm³/mol. The number of carbonyl (C=O) groups excluding carboxylic acids is 1. The van der Waals surface area contributed by atoms with Gasteiger partial charge >= 0.3 is 12.2 Å². The first-order valence-electron chi connectivity index (χ1n) is 6.39. The van der Waals surface area contributed by atoms with Crippen LogP contribution in [0.3, 0.4) is 0 Å². The van der Waals surface area contributed by atoms with Crippen molar-refractivity contribution in [3.8, 4) is 0 Å². The van der Waals surface area contributed by atoms with Gasteiger partial charge in [-0.1, -0.05) is 0 Å². The van der Waals surface area contributed by atoms with Crippen LogP contribution in [0.2, 0.25) is 0 Å². The molecule has 0 saturated heterocycles. The molecule has 0 aliphatic heterocycles. The number of hydrogen-bond acceptors (Lipinski definition) is 3. The van der Waals surface area contributed by atoms with Crippen LogP contribution in [0.15, 0.2) is 12.4 Å². The molecule has 2 amide bonds. The van der Waals surface area contributed by atoms with Crippen molar-refractivity contribution in [2.45, 2.75) is 38.1 Å². The van der Waals surface area contributed by atoms with E-state index in [2.05, 4.69) is 15.6 Å². The molecule has 21 heavy (non-hydrogen) atoms. The Morgan fingerprint density at radius 1 is 1.48 bits per heavy atom. The van der Waals surface area contributed by atoms with Crippen LogP contribution in [0.1, 0.15) is 26.1 Å². The summed E-state index contributed by atoms with van der Waals surface area (Å²) in [5.41, 5.74) is -3.11. The SMILES string of the molecule is CC(C)NC(=O)NCC[C@](O)(c1nccn1C)C(F)(F)F. The Morgan fingerprint density at radius 3 is 2.52 bits per heavy atom. The van der Waals surface area contributed by atoms with Gasteiger partial charge in [-0.05, 0) is 13.8 Å². The van der Waals surface area contributed by atoms with Crippen molar-refractivity contribution in [1.82, 2.24) is 20.2 Å². The van der Waals surface area contributed by atoms with Gasteiger partial charge in [-0.25, -0.2) is 9.78 Å². The second-order valence-corrected chi connectivity index (χ2v) is 5.02. The quantitative estimate of drug-likeness (QED) is 0.766. The highest BCUT2D eigenvalue weighted by Crippen LogP contribution is 2.40. The number of halogens is 3. The van der Waals surface area contributed by atoms with E-state index in [1.54, 1.807) is 13.8 Å². The zero-order valence-corrected chi connectivity index (χ0v) is 12.0. The van der Waals surface area contributed by atoms with Gasteiger partial charge in [0.2, 0.25) is 5.60 Å². The van der Waals surface area contributed by atoms with Gasteiger partial charge in [-0.15, -0.1) is 0 Å². The van der Waals surface area contributed by atoms with Gasteiger partial charge < -0.3 is 20.3 Å². The second kappa shape index (κ2) is 6.33. The standard InChI is InChI=1S/C12H19F3N4O2/c1-8(2)18-10(20)17-5-4-11(21,12(13,14)15)9-16-6-7-19(9)3/h6-8,21H,4-5H2,1-3H3,(H2,17,18,20)/t11-/m0/s1. The van der Waals surface area contributed by atoms with Crippen molar-refractivity contribution < 1.29 is 23.1 Å². The largest absolute Gasteiger partial charge is 0.424 e. The van der Waals surface area contributed by atoms with Gasteiger partial charge in [0.05, 0.1) is 0 Å². The number of carbonyl (C=O) groups is 1. The highest BCUT2D eigenvalue weighted by Gasteiger charge is 2.57. The molecule has 1 aromatic heterocycles. The molecule has 0 unspecified atom stereocenters. The van der Waals surface area contributed by atoms with Crippen LogP contribution in [-0.4, -0.2) is 39.5 Å². The van der Waals surface area contributed by atoms with Crippen molar-refractivity contribution in [3.63, 3.8) is 0 Å². The van der Waals surface area contributed by atoms with Crippen molar-refractivity contribution in [1.29, 1.82) is 0 Å². The Balaban J connectivity index is 2.78. The highest BCUT2D eigenvalue weighted by molar-refractivity contribution is 5.74. The zero-order valence-electron chi connectivity index (χ0n) is 12.0. The van der Waals surface area contributed by atoms with Crippen molar-refractivity contribution in [3.05, 3.63) is 18.2 Å². The molecule has 0 fully saturated rings. The Labute approximate surface area is 120 Å². The monoisotopic (exact) mass is 308 g/mol. The predicted octanol–water partition coefficient (Wildman–Crippen LogP) is 1.27. The summed E-state index contributed by atoms with van der Waals surface area (Å²) in [7, 11) is 1.36. The first-order valence-corrected chi connectivity index (χ1v) is 6.39.